The number of hydrogen-bond donors (Lipinski definition) is 1. The zero-order chi connectivity index (χ0) is 25.0. The predicted octanol–water partition coefficient (Wildman–Crippen LogP) is 2.76. The third kappa shape index (κ3) is 9.03. The van der Waals surface area contributed by atoms with E-state index in [1.165, 1.54) is 11.8 Å². The maximum absolute atomic E-state index is 12.2. The van der Waals surface area contributed by atoms with Crippen molar-refractivity contribution in [2.24, 2.45) is 0 Å². The van der Waals surface area contributed by atoms with Crippen molar-refractivity contribution in [2.45, 2.75) is 18.0 Å². The number of amides is 1. The van der Waals surface area contributed by atoms with E-state index >= 15 is 0 Å². The van der Waals surface area contributed by atoms with Gasteiger partial charge in [0.15, 0.2) is 16.7 Å². The monoisotopic (exact) mass is 523 g/mol. The Hall–Kier alpha value is -2.27. The molecule has 9 nitrogen and oxygen atoms in total. The summed E-state index contributed by atoms with van der Waals surface area (Å²) in [6.45, 7) is 5.83. The quantitative estimate of drug-likeness (QED) is 0.184. The van der Waals surface area contributed by atoms with Crippen molar-refractivity contribution in [1.82, 2.24) is 20.2 Å². The molecular formula is C24H34ClN5O4S. The van der Waals surface area contributed by atoms with E-state index in [4.69, 9.17) is 25.8 Å². The van der Waals surface area contributed by atoms with Crippen LogP contribution >= 0.6 is 23.4 Å². The minimum Gasteiger partial charge on any atom is -0.493 e. The van der Waals surface area contributed by atoms with E-state index < -0.39 is 0 Å². The van der Waals surface area contributed by atoms with Gasteiger partial charge in [0, 0.05) is 39.3 Å². The number of nitrogens with zero attached hydrogens (tertiary/aromatic N) is 4. The average molecular weight is 524 g/mol. The molecule has 192 valence electrons. The molecule has 1 fully saturated rings. The molecule has 0 bridgehead atoms. The third-order valence-electron chi connectivity index (χ3n) is 5.65. The Morgan fingerprint density at radius 1 is 1.20 bits per heavy atom. The Kier molecular flexibility index (Phi) is 11.2. The van der Waals surface area contributed by atoms with Crippen LogP contribution in [0.25, 0.3) is 0 Å². The molecule has 1 aliphatic heterocycles. The lowest BCUT2D eigenvalue weighted by atomic mass is 10.1. The summed E-state index contributed by atoms with van der Waals surface area (Å²) in [6.07, 6.45) is 1.70. The van der Waals surface area contributed by atoms with Crippen molar-refractivity contribution in [3.63, 3.8) is 0 Å². The van der Waals surface area contributed by atoms with Gasteiger partial charge in [0.25, 0.3) is 0 Å². The largest absolute Gasteiger partial charge is 0.493 e. The molecule has 0 unspecified atom stereocenters. The first-order chi connectivity index (χ1) is 17.0. The fourth-order valence-electron chi connectivity index (χ4n) is 3.63. The van der Waals surface area contributed by atoms with E-state index in [-0.39, 0.29) is 11.7 Å². The summed E-state index contributed by atoms with van der Waals surface area (Å²) in [5.41, 5.74) is 1.12. The normalized spacial score (nSPS) is 13.9. The first kappa shape index (κ1) is 27.3. The van der Waals surface area contributed by atoms with Crippen molar-refractivity contribution in [3.8, 4) is 11.5 Å². The Morgan fingerprint density at radius 3 is 2.71 bits per heavy atom. The highest BCUT2D eigenvalue weighted by Crippen LogP contribution is 2.28. The van der Waals surface area contributed by atoms with Gasteiger partial charge in [0.2, 0.25) is 5.91 Å². The van der Waals surface area contributed by atoms with Crippen LogP contribution in [0, 0.1) is 0 Å². The molecule has 0 aliphatic carbocycles. The first-order valence-electron chi connectivity index (χ1n) is 11.6. The van der Waals surface area contributed by atoms with Crippen molar-refractivity contribution >= 4 is 35.1 Å². The summed E-state index contributed by atoms with van der Waals surface area (Å²) in [5, 5.41) is 3.79. The van der Waals surface area contributed by atoms with Crippen LogP contribution in [0.4, 0.5) is 5.82 Å². The number of aromatic nitrogens is 2. The molecule has 1 amide bonds. The highest BCUT2D eigenvalue weighted by Gasteiger charge is 2.13. The Bertz CT molecular complexity index is 962. The molecule has 11 heteroatoms. The van der Waals surface area contributed by atoms with Crippen LogP contribution in [0.5, 0.6) is 11.5 Å². The molecule has 3 rings (SSSR count). The van der Waals surface area contributed by atoms with Crippen LogP contribution in [-0.4, -0.2) is 93.7 Å². The fourth-order valence-corrected chi connectivity index (χ4v) is 4.54. The summed E-state index contributed by atoms with van der Waals surface area (Å²) in [6, 6.07) is 7.62. The van der Waals surface area contributed by atoms with Crippen molar-refractivity contribution in [3.05, 3.63) is 35.0 Å². The number of hydrogen-bond acceptors (Lipinski definition) is 9. The number of nitrogens with one attached hydrogen (secondary N) is 1. The molecule has 2 aromatic rings. The highest BCUT2D eigenvalue weighted by atomic mass is 35.5. The van der Waals surface area contributed by atoms with Crippen LogP contribution in [-0.2, 0) is 16.0 Å². The Morgan fingerprint density at radius 2 is 1.97 bits per heavy atom. The second kappa shape index (κ2) is 14.3. The second-order valence-electron chi connectivity index (χ2n) is 8.14. The number of anilines is 1. The van der Waals surface area contributed by atoms with Gasteiger partial charge < -0.3 is 24.4 Å². The Labute approximate surface area is 216 Å². The molecule has 0 radical (unpaired) electrons. The van der Waals surface area contributed by atoms with E-state index in [9.17, 15) is 4.79 Å². The summed E-state index contributed by atoms with van der Waals surface area (Å²) in [7, 11) is 5.20. The van der Waals surface area contributed by atoms with Crippen LogP contribution < -0.4 is 19.7 Å². The van der Waals surface area contributed by atoms with Gasteiger partial charge in [-0.3, -0.25) is 9.69 Å². The van der Waals surface area contributed by atoms with Gasteiger partial charge in [-0.1, -0.05) is 29.4 Å². The van der Waals surface area contributed by atoms with Crippen molar-refractivity contribution in [2.75, 3.05) is 77.9 Å². The number of ether oxygens (including phenoxy) is 3. The number of carbonyl (C=O) groups excluding carboxylic acids is 1. The number of halogens is 1. The number of morpholine rings is 1. The lowest BCUT2D eigenvalue weighted by Crippen LogP contribution is -2.38. The number of likely N-dealkylation sites (N-methyl/N-ethyl adjacent to an activating group) is 1. The maximum Gasteiger partial charge on any atom is 0.230 e. The molecule has 1 N–H and O–H groups in total. The molecule has 1 aromatic heterocycles. The second-order valence-corrected chi connectivity index (χ2v) is 9.47. The maximum atomic E-state index is 12.2. The molecule has 1 aliphatic rings. The van der Waals surface area contributed by atoms with Crippen LogP contribution in [0.2, 0.25) is 5.15 Å². The highest BCUT2D eigenvalue weighted by molar-refractivity contribution is 7.99. The van der Waals surface area contributed by atoms with Gasteiger partial charge in [-0.25, -0.2) is 9.97 Å². The van der Waals surface area contributed by atoms with Crippen molar-refractivity contribution < 1.29 is 19.0 Å². The van der Waals surface area contributed by atoms with E-state index in [2.05, 4.69) is 20.2 Å². The summed E-state index contributed by atoms with van der Waals surface area (Å²) >= 11 is 7.52. The van der Waals surface area contributed by atoms with E-state index in [0.717, 1.165) is 57.8 Å². The van der Waals surface area contributed by atoms with E-state index in [1.54, 1.807) is 20.3 Å². The average Bonchev–Trinajstić information content (AvgIpc) is 2.88. The number of benzene rings is 1. The zero-order valence-corrected chi connectivity index (χ0v) is 22.2. The smallest absolute Gasteiger partial charge is 0.230 e. The fraction of sp³-hybridized carbons (Fsp3) is 0.542. The van der Waals surface area contributed by atoms with E-state index in [0.29, 0.717) is 34.2 Å². The zero-order valence-electron chi connectivity index (χ0n) is 20.6. The molecule has 1 saturated heterocycles. The number of thioether (sulfide) groups is 1. The van der Waals surface area contributed by atoms with Gasteiger partial charge in [0.1, 0.15) is 11.0 Å². The topological polar surface area (TPSA) is 89.1 Å². The van der Waals surface area contributed by atoms with Gasteiger partial charge in [-0.2, -0.15) is 0 Å². The van der Waals surface area contributed by atoms with Gasteiger partial charge in [-0.05, 0) is 37.1 Å². The third-order valence-corrected chi connectivity index (χ3v) is 6.69. The summed E-state index contributed by atoms with van der Waals surface area (Å²) in [5.74, 6) is 2.32. The molecule has 35 heavy (non-hydrogen) atoms. The predicted molar refractivity (Wildman–Crippen MR) is 139 cm³/mol. The molecule has 0 spiro atoms. The Balaban J connectivity index is 1.44. The van der Waals surface area contributed by atoms with Gasteiger partial charge in [0.05, 0.1) is 33.2 Å². The van der Waals surface area contributed by atoms with Crippen LogP contribution in [0.3, 0.4) is 0 Å². The van der Waals surface area contributed by atoms with E-state index in [1.807, 2.05) is 30.1 Å². The van der Waals surface area contributed by atoms with Gasteiger partial charge >= 0.3 is 0 Å². The molecule has 0 atom stereocenters. The molecule has 0 saturated carbocycles. The minimum atomic E-state index is -0.0380. The van der Waals surface area contributed by atoms with Crippen LogP contribution in [0.15, 0.2) is 29.4 Å². The standard InChI is InChI=1S/C24H34ClN5O4S/c1-29(10-7-18-5-6-19(32-2)20(15-18)33-3)22-16-21(25)27-24(28-22)35-17-23(31)26-8-4-9-30-11-13-34-14-12-30/h5-6,15-16H,4,7-14,17H2,1-3H3,(H,26,31). The number of rotatable bonds is 13. The molecule has 2 heterocycles. The lowest BCUT2D eigenvalue weighted by molar-refractivity contribution is -0.118. The minimum absolute atomic E-state index is 0.0380. The summed E-state index contributed by atoms with van der Waals surface area (Å²) < 4.78 is 16.0. The van der Waals surface area contributed by atoms with Crippen LogP contribution in [0.1, 0.15) is 12.0 Å². The molecule has 1 aromatic carbocycles. The van der Waals surface area contributed by atoms with Gasteiger partial charge in [-0.15, -0.1) is 0 Å². The van der Waals surface area contributed by atoms with Crippen molar-refractivity contribution in [1.29, 1.82) is 0 Å². The lowest BCUT2D eigenvalue weighted by Gasteiger charge is -2.26. The summed E-state index contributed by atoms with van der Waals surface area (Å²) in [4.78, 5) is 25.5. The molecular weight excluding hydrogens is 490 g/mol. The number of carbonyl (C=O) groups is 1. The first-order valence-corrected chi connectivity index (χ1v) is 13.0. The number of methoxy groups -OCH3 is 2. The SMILES string of the molecule is COc1ccc(CCN(C)c2cc(Cl)nc(SCC(=O)NCCCN3CCOCC3)n2)cc1OC.